The Morgan fingerprint density at radius 1 is 1.05 bits per heavy atom. The van der Waals surface area contributed by atoms with E-state index in [1.807, 2.05) is 32.9 Å². The number of benzene rings is 2. The minimum Gasteiger partial charge on any atom is -0.491 e. The SMILES string of the molecule is CCOC(=O)C1=C(C)NC(C)=C(C(=O)OCCc2ccc(OCC(O)CNC(C)(C)C)cc2)C1c1cccc([N+](=O)[O-])c1.Cl. The van der Waals surface area contributed by atoms with Gasteiger partial charge < -0.3 is 30.0 Å². The van der Waals surface area contributed by atoms with E-state index in [1.165, 1.54) is 18.2 Å². The Bertz CT molecular complexity index is 1380. The van der Waals surface area contributed by atoms with Crippen molar-refractivity contribution in [3.05, 3.63) is 92.3 Å². The molecule has 0 saturated heterocycles. The van der Waals surface area contributed by atoms with Crippen LogP contribution in [0.4, 0.5) is 5.69 Å². The molecule has 2 aromatic rings. The number of ether oxygens (including phenoxy) is 3. The van der Waals surface area contributed by atoms with Gasteiger partial charge in [-0.05, 0) is 64.8 Å². The van der Waals surface area contributed by atoms with Gasteiger partial charge in [-0.25, -0.2) is 9.59 Å². The van der Waals surface area contributed by atoms with Crippen molar-refractivity contribution < 1.29 is 33.8 Å². The van der Waals surface area contributed by atoms with Crippen LogP contribution in [-0.2, 0) is 25.5 Å². The monoisotopic (exact) mass is 631 g/mol. The largest absolute Gasteiger partial charge is 0.491 e. The Hall–Kier alpha value is -3.93. The van der Waals surface area contributed by atoms with Crippen molar-refractivity contribution in [2.75, 3.05) is 26.4 Å². The molecule has 0 spiro atoms. The molecular formula is C32H42ClN3O8. The molecule has 0 aromatic heterocycles. The van der Waals surface area contributed by atoms with Gasteiger partial charge in [0.2, 0.25) is 0 Å². The molecule has 11 nitrogen and oxygen atoms in total. The number of nitro benzene ring substituents is 1. The van der Waals surface area contributed by atoms with E-state index < -0.39 is 28.9 Å². The quantitative estimate of drug-likeness (QED) is 0.161. The van der Waals surface area contributed by atoms with E-state index in [0.717, 1.165) is 5.56 Å². The van der Waals surface area contributed by atoms with Crippen LogP contribution in [0.15, 0.2) is 71.1 Å². The van der Waals surface area contributed by atoms with Crippen LogP contribution in [-0.4, -0.2) is 60.0 Å². The average Bonchev–Trinajstić information content (AvgIpc) is 2.95. The molecule has 0 aliphatic carbocycles. The number of rotatable bonds is 13. The van der Waals surface area contributed by atoms with Gasteiger partial charge >= 0.3 is 11.9 Å². The fourth-order valence-corrected chi connectivity index (χ4v) is 4.66. The summed E-state index contributed by atoms with van der Waals surface area (Å²) in [6.45, 7) is 11.9. The van der Waals surface area contributed by atoms with Crippen molar-refractivity contribution in [3.63, 3.8) is 0 Å². The van der Waals surface area contributed by atoms with Gasteiger partial charge in [-0.15, -0.1) is 12.4 Å². The second-order valence-electron chi connectivity index (χ2n) is 11.3. The van der Waals surface area contributed by atoms with Crippen molar-refractivity contribution >= 4 is 30.0 Å². The number of halogens is 1. The molecule has 44 heavy (non-hydrogen) atoms. The molecule has 1 aliphatic rings. The molecule has 0 radical (unpaired) electrons. The first kappa shape index (κ1) is 36.3. The normalized spacial score (nSPS) is 15.6. The number of β-amino-alcohol motifs (C(OH)–C–C–N with tert-alkyl or cyclic N) is 1. The maximum atomic E-state index is 13.5. The molecule has 1 aliphatic heterocycles. The van der Waals surface area contributed by atoms with Crippen LogP contribution in [0.25, 0.3) is 0 Å². The number of hydrogen-bond acceptors (Lipinski definition) is 10. The van der Waals surface area contributed by atoms with E-state index >= 15 is 0 Å². The Morgan fingerprint density at radius 3 is 2.23 bits per heavy atom. The van der Waals surface area contributed by atoms with E-state index in [1.54, 1.807) is 39.0 Å². The lowest BCUT2D eigenvalue weighted by atomic mass is 9.80. The van der Waals surface area contributed by atoms with Crippen LogP contribution in [0.5, 0.6) is 5.75 Å². The smallest absolute Gasteiger partial charge is 0.336 e. The first-order chi connectivity index (χ1) is 20.3. The van der Waals surface area contributed by atoms with E-state index in [4.69, 9.17) is 14.2 Å². The highest BCUT2D eigenvalue weighted by Crippen LogP contribution is 2.40. The molecule has 240 valence electrons. The van der Waals surface area contributed by atoms with Crippen LogP contribution >= 0.6 is 12.4 Å². The maximum absolute atomic E-state index is 13.5. The number of carbonyl (C=O) groups excluding carboxylic acids is 2. The second kappa shape index (κ2) is 16.2. The molecule has 1 heterocycles. The summed E-state index contributed by atoms with van der Waals surface area (Å²) in [6, 6.07) is 13.1. The molecule has 0 saturated carbocycles. The van der Waals surface area contributed by atoms with E-state index in [2.05, 4.69) is 10.6 Å². The fourth-order valence-electron chi connectivity index (χ4n) is 4.66. The molecule has 12 heteroatoms. The van der Waals surface area contributed by atoms with Gasteiger partial charge in [-0.2, -0.15) is 0 Å². The van der Waals surface area contributed by atoms with Gasteiger partial charge in [0.15, 0.2) is 0 Å². The number of allylic oxidation sites excluding steroid dienone is 2. The van der Waals surface area contributed by atoms with Gasteiger partial charge in [0.25, 0.3) is 5.69 Å². The molecule has 3 rings (SSSR count). The Kier molecular flexibility index (Phi) is 13.4. The van der Waals surface area contributed by atoms with Gasteiger partial charge in [0.05, 0.1) is 35.2 Å². The summed E-state index contributed by atoms with van der Waals surface area (Å²) in [6.07, 6.45) is -0.232. The van der Waals surface area contributed by atoms with Crippen LogP contribution in [0.2, 0.25) is 0 Å². The lowest BCUT2D eigenvalue weighted by Gasteiger charge is -2.30. The van der Waals surface area contributed by atoms with E-state index in [0.29, 0.717) is 35.7 Å². The van der Waals surface area contributed by atoms with E-state index in [-0.39, 0.29) is 54.6 Å². The summed E-state index contributed by atoms with van der Waals surface area (Å²) in [5.41, 5.74) is 2.38. The Balaban J connectivity index is 0.00000675. The molecule has 0 fully saturated rings. The number of carbonyl (C=O) groups is 2. The second-order valence-corrected chi connectivity index (χ2v) is 11.3. The van der Waals surface area contributed by atoms with Crippen molar-refractivity contribution in [1.29, 1.82) is 0 Å². The van der Waals surface area contributed by atoms with Gasteiger partial charge in [-0.3, -0.25) is 10.1 Å². The standard InChI is InChI=1S/C32H41N3O8.ClH/c1-7-41-30(37)27-20(2)34-21(3)28(29(27)23-9-8-10-24(17-23)35(39)40)31(38)42-16-15-22-11-13-26(14-12-22)43-19-25(36)18-33-32(4,5)6;/h8-14,17,25,29,33-34,36H,7,15-16,18-19H2,1-6H3;1H. The number of nitrogens with one attached hydrogen (secondary N) is 2. The topological polar surface area (TPSA) is 149 Å². The molecule has 0 bridgehead atoms. The van der Waals surface area contributed by atoms with Crippen molar-refractivity contribution in [2.24, 2.45) is 0 Å². The lowest BCUT2D eigenvalue weighted by molar-refractivity contribution is -0.384. The van der Waals surface area contributed by atoms with Gasteiger partial charge in [0.1, 0.15) is 18.5 Å². The number of aliphatic hydroxyl groups excluding tert-OH is 1. The molecule has 0 amide bonds. The van der Waals surface area contributed by atoms with Crippen LogP contribution < -0.4 is 15.4 Å². The highest BCUT2D eigenvalue weighted by Gasteiger charge is 2.38. The predicted octanol–water partition coefficient (Wildman–Crippen LogP) is 4.73. The first-order valence-electron chi connectivity index (χ1n) is 14.2. The summed E-state index contributed by atoms with van der Waals surface area (Å²) in [5, 5.41) is 27.9. The van der Waals surface area contributed by atoms with Gasteiger partial charge in [0, 0.05) is 42.0 Å². The molecule has 2 atom stereocenters. The van der Waals surface area contributed by atoms with Crippen molar-refractivity contribution in [3.8, 4) is 5.75 Å². The zero-order chi connectivity index (χ0) is 31.7. The van der Waals surface area contributed by atoms with Crippen LogP contribution in [0.1, 0.15) is 58.6 Å². The fraction of sp³-hybridized carbons (Fsp3) is 0.438. The predicted molar refractivity (Wildman–Crippen MR) is 169 cm³/mol. The number of nitro groups is 1. The Labute approximate surface area is 264 Å². The summed E-state index contributed by atoms with van der Waals surface area (Å²) < 4.78 is 16.6. The highest BCUT2D eigenvalue weighted by atomic mass is 35.5. The maximum Gasteiger partial charge on any atom is 0.336 e. The summed E-state index contributed by atoms with van der Waals surface area (Å²) in [4.78, 5) is 37.4. The summed E-state index contributed by atoms with van der Waals surface area (Å²) >= 11 is 0. The number of hydrogen-bond donors (Lipinski definition) is 3. The third-order valence-electron chi connectivity index (χ3n) is 6.75. The van der Waals surface area contributed by atoms with E-state index in [9.17, 15) is 24.8 Å². The molecule has 2 unspecified atom stereocenters. The average molecular weight is 632 g/mol. The van der Waals surface area contributed by atoms with Crippen LogP contribution in [0, 0.1) is 10.1 Å². The molecular weight excluding hydrogens is 590 g/mol. The number of dihydropyridines is 1. The number of esters is 2. The van der Waals surface area contributed by atoms with Crippen LogP contribution in [0.3, 0.4) is 0 Å². The summed E-state index contributed by atoms with van der Waals surface area (Å²) in [7, 11) is 0. The third-order valence-corrected chi connectivity index (χ3v) is 6.75. The molecule has 3 N–H and O–H groups in total. The summed E-state index contributed by atoms with van der Waals surface area (Å²) in [5.74, 6) is -1.58. The zero-order valence-electron chi connectivity index (χ0n) is 26.0. The lowest BCUT2D eigenvalue weighted by Crippen LogP contribution is -2.42. The third kappa shape index (κ3) is 10.1. The Morgan fingerprint density at radius 2 is 1.66 bits per heavy atom. The minimum absolute atomic E-state index is 0. The van der Waals surface area contributed by atoms with Crippen molar-refractivity contribution in [2.45, 2.75) is 65.5 Å². The zero-order valence-corrected chi connectivity index (χ0v) is 26.8. The van der Waals surface area contributed by atoms with Crippen molar-refractivity contribution in [1.82, 2.24) is 10.6 Å². The molecule has 2 aromatic carbocycles. The number of aliphatic hydroxyl groups is 1. The van der Waals surface area contributed by atoms with Gasteiger partial charge in [-0.1, -0.05) is 24.3 Å². The first-order valence-corrected chi connectivity index (χ1v) is 14.2. The minimum atomic E-state index is -0.918. The number of nitrogens with zero attached hydrogens (tertiary/aromatic N) is 1. The number of non-ortho nitro benzene ring substituents is 1. The highest BCUT2D eigenvalue weighted by molar-refractivity contribution is 6.00.